The summed E-state index contributed by atoms with van der Waals surface area (Å²) in [5.41, 5.74) is 7.29. The van der Waals surface area contributed by atoms with Crippen LogP contribution in [0.25, 0.3) is 0 Å². The van der Waals surface area contributed by atoms with Crippen LogP contribution < -0.4 is 11.1 Å². The normalized spacial score (nSPS) is 18.8. The molecule has 3 heteroatoms. The Kier molecular flexibility index (Phi) is 2.38. The van der Waals surface area contributed by atoms with Gasteiger partial charge in [-0.25, -0.2) is 0 Å². The summed E-state index contributed by atoms with van der Waals surface area (Å²) >= 11 is 0. The van der Waals surface area contributed by atoms with Gasteiger partial charge >= 0.3 is 0 Å². The van der Waals surface area contributed by atoms with E-state index in [1.807, 2.05) is 6.07 Å². The maximum Gasteiger partial charge on any atom is 0.0947 e. The standard InChI is InChI=1S/C10H16N2O/c11-7-10(2-3-10)8-12-5-9-1-4-13-6-9/h1,4,6,12H,2-3,5,7-8,11H2. The molecule has 1 aliphatic rings. The first-order valence-corrected chi connectivity index (χ1v) is 4.77. The van der Waals surface area contributed by atoms with Crippen LogP contribution in [0.4, 0.5) is 0 Å². The molecule has 1 aromatic rings. The zero-order valence-corrected chi connectivity index (χ0v) is 7.75. The number of hydrogen-bond acceptors (Lipinski definition) is 3. The molecule has 1 saturated carbocycles. The average molecular weight is 180 g/mol. The SMILES string of the molecule is NCC1(CNCc2ccoc2)CC1. The van der Waals surface area contributed by atoms with Crippen molar-refractivity contribution in [3.63, 3.8) is 0 Å². The van der Waals surface area contributed by atoms with Crippen LogP contribution in [-0.2, 0) is 6.54 Å². The molecule has 1 fully saturated rings. The molecular weight excluding hydrogens is 164 g/mol. The van der Waals surface area contributed by atoms with Crippen LogP contribution in [0.3, 0.4) is 0 Å². The molecule has 13 heavy (non-hydrogen) atoms. The van der Waals surface area contributed by atoms with Crippen molar-refractivity contribution in [1.82, 2.24) is 5.32 Å². The molecule has 0 radical (unpaired) electrons. The number of rotatable bonds is 5. The van der Waals surface area contributed by atoms with Crippen molar-refractivity contribution < 1.29 is 4.42 Å². The van der Waals surface area contributed by atoms with Crippen molar-refractivity contribution in [2.45, 2.75) is 19.4 Å². The monoisotopic (exact) mass is 180 g/mol. The Morgan fingerprint density at radius 2 is 2.38 bits per heavy atom. The summed E-state index contributed by atoms with van der Waals surface area (Å²) in [5, 5.41) is 3.40. The van der Waals surface area contributed by atoms with Gasteiger partial charge in [-0.1, -0.05) is 0 Å². The molecule has 2 rings (SSSR count). The first kappa shape index (κ1) is 8.78. The van der Waals surface area contributed by atoms with E-state index >= 15 is 0 Å². The van der Waals surface area contributed by atoms with Gasteiger partial charge in [-0.15, -0.1) is 0 Å². The van der Waals surface area contributed by atoms with E-state index in [1.54, 1.807) is 12.5 Å². The second-order valence-corrected chi connectivity index (χ2v) is 3.94. The molecule has 72 valence electrons. The highest BCUT2D eigenvalue weighted by Crippen LogP contribution is 2.43. The molecule has 3 nitrogen and oxygen atoms in total. The zero-order valence-electron chi connectivity index (χ0n) is 7.75. The maximum absolute atomic E-state index is 5.67. The Morgan fingerprint density at radius 3 is 2.92 bits per heavy atom. The molecule has 1 heterocycles. The third-order valence-electron chi connectivity index (χ3n) is 2.80. The van der Waals surface area contributed by atoms with Crippen LogP contribution in [0.5, 0.6) is 0 Å². The fourth-order valence-corrected chi connectivity index (χ4v) is 1.50. The highest BCUT2D eigenvalue weighted by atomic mass is 16.3. The smallest absolute Gasteiger partial charge is 0.0947 e. The number of hydrogen-bond donors (Lipinski definition) is 2. The Hall–Kier alpha value is -0.800. The molecule has 1 aromatic heterocycles. The highest BCUT2D eigenvalue weighted by Gasteiger charge is 2.40. The average Bonchev–Trinajstić information content (AvgIpc) is 2.74. The van der Waals surface area contributed by atoms with E-state index in [0.29, 0.717) is 5.41 Å². The van der Waals surface area contributed by atoms with Crippen LogP contribution in [0.15, 0.2) is 23.0 Å². The quantitative estimate of drug-likeness (QED) is 0.713. The summed E-state index contributed by atoms with van der Waals surface area (Å²) in [6.45, 7) is 2.73. The second kappa shape index (κ2) is 3.52. The first-order valence-electron chi connectivity index (χ1n) is 4.77. The molecule has 0 bridgehead atoms. The third kappa shape index (κ3) is 2.11. The van der Waals surface area contributed by atoms with Crippen molar-refractivity contribution in [2.24, 2.45) is 11.1 Å². The van der Waals surface area contributed by atoms with Crippen LogP contribution in [0.1, 0.15) is 18.4 Å². The predicted octanol–water partition coefficient (Wildman–Crippen LogP) is 1.11. The molecule has 3 N–H and O–H groups in total. The van der Waals surface area contributed by atoms with E-state index in [1.165, 1.54) is 18.4 Å². The summed E-state index contributed by atoms with van der Waals surface area (Å²) in [6, 6.07) is 1.98. The van der Waals surface area contributed by atoms with E-state index in [4.69, 9.17) is 10.2 Å². The van der Waals surface area contributed by atoms with Crippen molar-refractivity contribution in [1.29, 1.82) is 0 Å². The van der Waals surface area contributed by atoms with Gasteiger partial charge < -0.3 is 15.5 Å². The molecule has 1 aliphatic carbocycles. The number of nitrogens with one attached hydrogen (secondary N) is 1. The summed E-state index contributed by atoms with van der Waals surface area (Å²) in [7, 11) is 0. The minimum Gasteiger partial charge on any atom is -0.472 e. The minimum absolute atomic E-state index is 0.420. The van der Waals surface area contributed by atoms with Crippen molar-refractivity contribution in [3.8, 4) is 0 Å². The Balaban J connectivity index is 1.70. The van der Waals surface area contributed by atoms with Gasteiger partial charge in [-0.2, -0.15) is 0 Å². The first-order chi connectivity index (χ1) is 6.35. The summed E-state index contributed by atoms with van der Waals surface area (Å²) < 4.78 is 4.97. The van der Waals surface area contributed by atoms with Crippen LogP contribution >= 0.6 is 0 Å². The lowest BCUT2D eigenvalue weighted by molar-refractivity contribution is 0.466. The van der Waals surface area contributed by atoms with E-state index in [9.17, 15) is 0 Å². The summed E-state index contributed by atoms with van der Waals surface area (Å²) in [4.78, 5) is 0. The van der Waals surface area contributed by atoms with Crippen LogP contribution in [0, 0.1) is 5.41 Å². The molecule has 0 unspecified atom stereocenters. The molecule has 0 amide bonds. The summed E-state index contributed by atoms with van der Waals surface area (Å²) in [5.74, 6) is 0. The highest BCUT2D eigenvalue weighted by molar-refractivity contribution is 5.05. The topological polar surface area (TPSA) is 51.2 Å². The van der Waals surface area contributed by atoms with Gasteiger partial charge in [0.05, 0.1) is 12.5 Å². The van der Waals surface area contributed by atoms with E-state index in [0.717, 1.165) is 19.6 Å². The Morgan fingerprint density at radius 1 is 1.54 bits per heavy atom. The Bertz CT molecular complexity index is 252. The number of nitrogens with two attached hydrogens (primary N) is 1. The maximum atomic E-state index is 5.67. The molecule has 0 spiro atoms. The third-order valence-corrected chi connectivity index (χ3v) is 2.80. The minimum atomic E-state index is 0.420. The molecule has 0 saturated heterocycles. The van der Waals surface area contributed by atoms with Crippen LogP contribution in [0.2, 0.25) is 0 Å². The fourth-order valence-electron chi connectivity index (χ4n) is 1.50. The van der Waals surface area contributed by atoms with Gasteiger partial charge in [-0.05, 0) is 30.9 Å². The van der Waals surface area contributed by atoms with Gasteiger partial charge in [-0.3, -0.25) is 0 Å². The lowest BCUT2D eigenvalue weighted by Crippen LogP contribution is -2.29. The molecule has 0 atom stereocenters. The molecular formula is C10H16N2O. The van der Waals surface area contributed by atoms with Gasteiger partial charge in [0, 0.05) is 18.7 Å². The van der Waals surface area contributed by atoms with Crippen molar-refractivity contribution in [3.05, 3.63) is 24.2 Å². The van der Waals surface area contributed by atoms with Gasteiger partial charge in [0.15, 0.2) is 0 Å². The Labute approximate surface area is 78.3 Å². The van der Waals surface area contributed by atoms with Gasteiger partial charge in [0.25, 0.3) is 0 Å². The van der Waals surface area contributed by atoms with Crippen molar-refractivity contribution >= 4 is 0 Å². The van der Waals surface area contributed by atoms with E-state index < -0.39 is 0 Å². The van der Waals surface area contributed by atoms with E-state index in [2.05, 4.69) is 5.32 Å². The fraction of sp³-hybridized carbons (Fsp3) is 0.600. The molecule has 0 aliphatic heterocycles. The van der Waals surface area contributed by atoms with Gasteiger partial charge in [0.1, 0.15) is 0 Å². The number of furan rings is 1. The lowest BCUT2D eigenvalue weighted by Gasteiger charge is -2.12. The van der Waals surface area contributed by atoms with Gasteiger partial charge in [0.2, 0.25) is 0 Å². The van der Waals surface area contributed by atoms with Crippen LogP contribution in [-0.4, -0.2) is 13.1 Å². The summed E-state index contributed by atoms with van der Waals surface area (Å²) in [6.07, 6.45) is 6.03. The lowest BCUT2D eigenvalue weighted by atomic mass is 10.1. The second-order valence-electron chi connectivity index (χ2n) is 3.94. The predicted molar refractivity (Wildman–Crippen MR) is 51.1 cm³/mol. The van der Waals surface area contributed by atoms with Crippen molar-refractivity contribution in [2.75, 3.05) is 13.1 Å². The zero-order chi connectivity index (χ0) is 9.15. The largest absolute Gasteiger partial charge is 0.472 e. The molecule has 0 aromatic carbocycles. The van der Waals surface area contributed by atoms with E-state index in [-0.39, 0.29) is 0 Å².